The number of hydrogen-bond donors (Lipinski definition) is 2. The SMILES string of the molecule is CCOC(=O)C(C)NC(=O)NC1CCN(c2nc3cccnc3n(Cc3ccccc3)c2=O)CC1. The highest BCUT2D eigenvalue weighted by molar-refractivity contribution is 5.83. The predicted octanol–water partition coefficient (Wildman–Crippen LogP) is 2.06. The average Bonchev–Trinajstić information content (AvgIpc) is 2.87. The van der Waals surface area contributed by atoms with Crippen LogP contribution in [0.5, 0.6) is 0 Å². The van der Waals surface area contributed by atoms with Crippen LogP contribution in [0.25, 0.3) is 11.2 Å². The molecule has 0 aliphatic carbocycles. The fraction of sp³-hybridized carbons (Fsp3) is 0.400. The Hall–Kier alpha value is -3.95. The molecule has 35 heavy (non-hydrogen) atoms. The Balaban J connectivity index is 1.45. The summed E-state index contributed by atoms with van der Waals surface area (Å²) in [6.07, 6.45) is 2.95. The minimum Gasteiger partial charge on any atom is -0.464 e. The summed E-state index contributed by atoms with van der Waals surface area (Å²) in [4.78, 5) is 48.5. The third-order valence-electron chi connectivity index (χ3n) is 5.99. The maximum absolute atomic E-state index is 13.5. The second kappa shape index (κ2) is 11.0. The van der Waals surface area contributed by atoms with Gasteiger partial charge in [0.2, 0.25) is 0 Å². The average molecular weight is 479 g/mol. The minimum atomic E-state index is -0.728. The van der Waals surface area contributed by atoms with Gasteiger partial charge >= 0.3 is 12.0 Å². The van der Waals surface area contributed by atoms with Crippen molar-refractivity contribution in [1.29, 1.82) is 0 Å². The van der Waals surface area contributed by atoms with Crippen molar-refractivity contribution in [2.45, 2.75) is 45.3 Å². The summed E-state index contributed by atoms with van der Waals surface area (Å²) in [5.74, 6) is -0.0821. The zero-order valence-corrected chi connectivity index (χ0v) is 19.9. The Morgan fingerprint density at radius 2 is 1.89 bits per heavy atom. The molecule has 184 valence electrons. The predicted molar refractivity (Wildman–Crippen MR) is 132 cm³/mol. The van der Waals surface area contributed by atoms with E-state index in [9.17, 15) is 14.4 Å². The van der Waals surface area contributed by atoms with Crippen molar-refractivity contribution in [1.82, 2.24) is 25.2 Å². The molecule has 3 aromatic rings. The van der Waals surface area contributed by atoms with Gasteiger partial charge in [-0.2, -0.15) is 0 Å². The van der Waals surface area contributed by atoms with Gasteiger partial charge in [0, 0.05) is 25.3 Å². The van der Waals surface area contributed by atoms with E-state index in [1.165, 1.54) is 0 Å². The maximum atomic E-state index is 13.5. The van der Waals surface area contributed by atoms with E-state index in [1.54, 1.807) is 24.6 Å². The molecule has 1 unspecified atom stereocenters. The van der Waals surface area contributed by atoms with Gasteiger partial charge < -0.3 is 20.3 Å². The zero-order chi connectivity index (χ0) is 24.8. The van der Waals surface area contributed by atoms with Crippen LogP contribution in [0, 0.1) is 0 Å². The van der Waals surface area contributed by atoms with Gasteiger partial charge in [-0.15, -0.1) is 0 Å². The molecule has 1 atom stereocenters. The van der Waals surface area contributed by atoms with Gasteiger partial charge in [0.25, 0.3) is 5.56 Å². The minimum absolute atomic E-state index is 0.0747. The third kappa shape index (κ3) is 5.76. The number of esters is 1. The normalized spacial score (nSPS) is 15.0. The van der Waals surface area contributed by atoms with Crippen LogP contribution in [0.15, 0.2) is 53.5 Å². The Bertz CT molecular complexity index is 1240. The van der Waals surface area contributed by atoms with E-state index >= 15 is 0 Å². The number of anilines is 1. The molecule has 1 saturated heterocycles. The number of hydrogen-bond acceptors (Lipinski definition) is 7. The van der Waals surface area contributed by atoms with Gasteiger partial charge in [-0.25, -0.2) is 19.6 Å². The van der Waals surface area contributed by atoms with Crippen molar-refractivity contribution >= 4 is 29.0 Å². The van der Waals surface area contributed by atoms with E-state index < -0.39 is 18.0 Å². The molecule has 1 aliphatic rings. The Morgan fingerprint density at radius 3 is 2.60 bits per heavy atom. The monoisotopic (exact) mass is 478 g/mol. The number of aromatic nitrogens is 3. The quantitative estimate of drug-likeness (QED) is 0.499. The number of benzene rings is 1. The molecule has 10 nitrogen and oxygen atoms in total. The summed E-state index contributed by atoms with van der Waals surface area (Å²) in [5.41, 5.74) is 2.02. The van der Waals surface area contributed by atoms with Crippen molar-refractivity contribution < 1.29 is 14.3 Å². The lowest BCUT2D eigenvalue weighted by molar-refractivity contribution is -0.144. The van der Waals surface area contributed by atoms with Crippen molar-refractivity contribution in [2.24, 2.45) is 0 Å². The van der Waals surface area contributed by atoms with Gasteiger partial charge in [-0.05, 0) is 44.4 Å². The lowest BCUT2D eigenvalue weighted by Crippen LogP contribution is -2.51. The molecule has 0 bridgehead atoms. The molecule has 0 spiro atoms. The fourth-order valence-electron chi connectivity index (χ4n) is 4.17. The van der Waals surface area contributed by atoms with Gasteiger partial charge in [0.1, 0.15) is 11.6 Å². The van der Waals surface area contributed by atoms with Crippen LogP contribution in [0.1, 0.15) is 32.3 Å². The largest absolute Gasteiger partial charge is 0.464 e. The first-order valence-corrected chi connectivity index (χ1v) is 11.8. The van der Waals surface area contributed by atoms with Gasteiger partial charge in [0.15, 0.2) is 11.5 Å². The molecule has 1 aromatic carbocycles. The first-order chi connectivity index (χ1) is 17.0. The van der Waals surface area contributed by atoms with E-state index in [1.807, 2.05) is 47.4 Å². The Labute approximate surface area is 203 Å². The molecule has 0 radical (unpaired) electrons. The highest BCUT2D eigenvalue weighted by Gasteiger charge is 2.26. The van der Waals surface area contributed by atoms with Crippen molar-refractivity contribution in [2.75, 3.05) is 24.6 Å². The maximum Gasteiger partial charge on any atom is 0.328 e. The molecule has 10 heteroatoms. The Morgan fingerprint density at radius 1 is 1.14 bits per heavy atom. The fourth-order valence-corrected chi connectivity index (χ4v) is 4.17. The number of nitrogens with one attached hydrogen (secondary N) is 2. The first-order valence-electron chi connectivity index (χ1n) is 11.8. The number of carbonyl (C=O) groups is 2. The summed E-state index contributed by atoms with van der Waals surface area (Å²) in [5, 5.41) is 5.51. The lowest BCUT2D eigenvalue weighted by atomic mass is 10.1. The zero-order valence-electron chi connectivity index (χ0n) is 19.9. The van der Waals surface area contributed by atoms with Gasteiger partial charge in [0.05, 0.1) is 13.2 Å². The first kappa shape index (κ1) is 24.2. The summed E-state index contributed by atoms with van der Waals surface area (Å²) in [6, 6.07) is 12.2. The Kier molecular flexibility index (Phi) is 7.59. The summed E-state index contributed by atoms with van der Waals surface area (Å²) in [6.45, 7) is 5.10. The van der Waals surface area contributed by atoms with E-state index in [-0.39, 0.29) is 18.2 Å². The number of carbonyl (C=O) groups excluding carboxylic acids is 2. The number of pyridine rings is 1. The summed E-state index contributed by atoms with van der Waals surface area (Å²) >= 11 is 0. The van der Waals surface area contributed by atoms with Crippen LogP contribution in [-0.4, -0.2) is 58.3 Å². The third-order valence-corrected chi connectivity index (χ3v) is 5.99. The summed E-state index contributed by atoms with van der Waals surface area (Å²) in [7, 11) is 0. The van der Waals surface area contributed by atoms with Crippen molar-refractivity contribution in [3.05, 3.63) is 64.6 Å². The molecule has 1 aliphatic heterocycles. The van der Waals surface area contributed by atoms with E-state index in [2.05, 4.69) is 20.6 Å². The van der Waals surface area contributed by atoms with Crippen LogP contribution < -0.4 is 21.1 Å². The number of amides is 2. The van der Waals surface area contributed by atoms with Crippen LogP contribution in [0.4, 0.5) is 10.6 Å². The number of nitrogens with zero attached hydrogens (tertiary/aromatic N) is 4. The standard InChI is InChI=1S/C25H30N6O4/c1-3-35-24(33)17(2)27-25(34)28-19-11-14-30(15-12-19)22-23(32)31(16-18-8-5-4-6-9-18)21-20(29-22)10-7-13-26-21/h4-10,13,17,19H,3,11-12,14-16H2,1-2H3,(H2,27,28,34). The van der Waals surface area contributed by atoms with Crippen molar-refractivity contribution in [3.63, 3.8) is 0 Å². The molecule has 4 rings (SSSR count). The highest BCUT2D eigenvalue weighted by atomic mass is 16.5. The van der Waals surface area contributed by atoms with E-state index in [4.69, 9.17) is 4.74 Å². The number of fused-ring (bicyclic) bond motifs is 1. The molecule has 1 fully saturated rings. The molecular formula is C25H30N6O4. The number of ether oxygens (including phenoxy) is 1. The second-order valence-corrected chi connectivity index (χ2v) is 8.51. The van der Waals surface area contributed by atoms with Gasteiger partial charge in [-0.3, -0.25) is 9.36 Å². The molecule has 2 amide bonds. The number of piperidine rings is 1. The van der Waals surface area contributed by atoms with Crippen molar-refractivity contribution in [3.8, 4) is 0 Å². The van der Waals surface area contributed by atoms with Crippen LogP contribution in [0.3, 0.4) is 0 Å². The molecule has 2 aromatic heterocycles. The number of urea groups is 1. The van der Waals surface area contributed by atoms with E-state index in [0.29, 0.717) is 49.5 Å². The van der Waals surface area contributed by atoms with Crippen LogP contribution in [-0.2, 0) is 16.1 Å². The summed E-state index contributed by atoms with van der Waals surface area (Å²) < 4.78 is 6.58. The molecule has 0 saturated carbocycles. The second-order valence-electron chi connectivity index (χ2n) is 8.51. The number of rotatable bonds is 7. The van der Waals surface area contributed by atoms with E-state index in [0.717, 1.165) is 5.56 Å². The topological polar surface area (TPSA) is 118 Å². The smallest absolute Gasteiger partial charge is 0.328 e. The van der Waals surface area contributed by atoms with Gasteiger partial charge in [-0.1, -0.05) is 30.3 Å². The van der Waals surface area contributed by atoms with Crippen LogP contribution >= 0.6 is 0 Å². The highest BCUT2D eigenvalue weighted by Crippen LogP contribution is 2.18. The van der Waals surface area contributed by atoms with Crippen LogP contribution in [0.2, 0.25) is 0 Å². The molecular weight excluding hydrogens is 448 g/mol. The lowest BCUT2D eigenvalue weighted by Gasteiger charge is -2.33. The molecule has 3 heterocycles. The molecule has 2 N–H and O–H groups in total.